The van der Waals surface area contributed by atoms with Gasteiger partial charge in [-0.15, -0.1) is 0 Å². The fourth-order valence-electron chi connectivity index (χ4n) is 3.70. The van der Waals surface area contributed by atoms with Gasteiger partial charge in [0.1, 0.15) is 0 Å². The van der Waals surface area contributed by atoms with Crippen molar-refractivity contribution >= 4 is 5.91 Å². The van der Waals surface area contributed by atoms with Crippen LogP contribution >= 0.6 is 0 Å². The number of nitrogens with one attached hydrogen (secondary N) is 1. The molecule has 3 N–H and O–H groups in total. The number of likely N-dealkylation sites (tertiary alicyclic amines) is 1. The van der Waals surface area contributed by atoms with E-state index in [0.29, 0.717) is 12.5 Å². The number of nitrogens with two attached hydrogens (primary N) is 1. The Morgan fingerprint density at radius 3 is 2.58 bits per heavy atom. The number of benzene rings is 2. The molecule has 1 unspecified atom stereocenters. The van der Waals surface area contributed by atoms with Crippen LogP contribution in [0.5, 0.6) is 0 Å². The normalized spacial score (nSPS) is 21.5. The molecule has 0 aromatic heterocycles. The van der Waals surface area contributed by atoms with Crippen LogP contribution in [0.4, 0.5) is 0 Å². The largest absolute Gasteiger partial charge is 0.348 e. The van der Waals surface area contributed by atoms with Gasteiger partial charge in [0, 0.05) is 25.0 Å². The minimum absolute atomic E-state index is 0.00277. The fourth-order valence-corrected chi connectivity index (χ4v) is 3.70. The molecule has 1 fully saturated rings. The Bertz CT molecular complexity index is 759. The second-order valence-electron chi connectivity index (χ2n) is 7.51. The summed E-state index contributed by atoms with van der Waals surface area (Å²) in [5, 5.41) is 3.12. The lowest BCUT2D eigenvalue weighted by Gasteiger charge is -2.19. The summed E-state index contributed by atoms with van der Waals surface area (Å²) in [4.78, 5) is 14.6. The van der Waals surface area contributed by atoms with Crippen LogP contribution in [0.3, 0.4) is 0 Å². The molecule has 4 nitrogen and oxygen atoms in total. The van der Waals surface area contributed by atoms with Crippen molar-refractivity contribution in [2.75, 3.05) is 19.6 Å². The van der Waals surface area contributed by atoms with Crippen LogP contribution in [0.25, 0.3) is 0 Å². The quantitative estimate of drug-likeness (QED) is 0.871. The van der Waals surface area contributed by atoms with Crippen LogP contribution in [0.2, 0.25) is 0 Å². The zero-order valence-electron chi connectivity index (χ0n) is 15.9. The van der Waals surface area contributed by atoms with Crippen LogP contribution < -0.4 is 11.1 Å². The van der Waals surface area contributed by atoms with E-state index < -0.39 is 0 Å². The Balaban J connectivity index is 1.56. The molecule has 0 spiro atoms. The lowest BCUT2D eigenvalue weighted by Crippen LogP contribution is -2.38. The van der Waals surface area contributed by atoms with E-state index in [1.54, 1.807) is 0 Å². The van der Waals surface area contributed by atoms with E-state index in [9.17, 15) is 4.79 Å². The maximum absolute atomic E-state index is 12.5. The summed E-state index contributed by atoms with van der Waals surface area (Å²) in [5.41, 5.74) is 11.2. The molecule has 2 aromatic rings. The van der Waals surface area contributed by atoms with Crippen molar-refractivity contribution in [3.63, 3.8) is 0 Å². The minimum Gasteiger partial charge on any atom is -0.348 e. The summed E-state index contributed by atoms with van der Waals surface area (Å²) in [6.45, 7) is 8.21. The third kappa shape index (κ3) is 4.32. The van der Waals surface area contributed by atoms with Crippen molar-refractivity contribution in [3.05, 3.63) is 70.8 Å². The van der Waals surface area contributed by atoms with Crippen molar-refractivity contribution in [2.24, 2.45) is 5.73 Å². The van der Waals surface area contributed by atoms with E-state index in [1.807, 2.05) is 25.1 Å². The summed E-state index contributed by atoms with van der Waals surface area (Å²) in [5.74, 6) is 0.345. The van der Waals surface area contributed by atoms with E-state index in [0.717, 1.165) is 18.7 Å². The van der Waals surface area contributed by atoms with Gasteiger partial charge in [-0.3, -0.25) is 9.69 Å². The van der Waals surface area contributed by atoms with Gasteiger partial charge in [-0.2, -0.15) is 0 Å². The Kier molecular flexibility index (Phi) is 5.74. The molecule has 0 bridgehead atoms. The van der Waals surface area contributed by atoms with Crippen LogP contribution in [-0.2, 0) is 4.79 Å². The summed E-state index contributed by atoms with van der Waals surface area (Å²) < 4.78 is 0. The standard InChI is InChI=1S/C22H29N3O/c1-15-9-10-19(11-16(15)2)17(3)24-22(26)14-25-12-20(21(23)13-25)18-7-5-4-6-8-18/h4-11,17,20-21H,12-14,23H2,1-3H3,(H,24,26)/t17?,20-,21+/m0/s1. The van der Waals surface area contributed by atoms with Gasteiger partial charge in [-0.05, 0) is 43.0 Å². The minimum atomic E-state index is 0.00277. The molecule has 3 rings (SSSR count). The van der Waals surface area contributed by atoms with Crippen LogP contribution in [-0.4, -0.2) is 36.5 Å². The van der Waals surface area contributed by atoms with Gasteiger partial charge in [0.05, 0.1) is 12.6 Å². The molecule has 1 saturated heterocycles. The van der Waals surface area contributed by atoms with Crippen molar-refractivity contribution < 1.29 is 4.79 Å². The topological polar surface area (TPSA) is 58.4 Å². The van der Waals surface area contributed by atoms with Gasteiger partial charge in [-0.25, -0.2) is 0 Å². The second kappa shape index (κ2) is 8.02. The van der Waals surface area contributed by atoms with Crippen LogP contribution in [0.1, 0.15) is 41.1 Å². The van der Waals surface area contributed by atoms with Gasteiger partial charge < -0.3 is 11.1 Å². The number of carbonyl (C=O) groups is 1. The molecular formula is C22H29N3O. The molecule has 1 aliphatic rings. The monoisotopic (exact) mass is 351 g/mol. The molecule has 0 saturated carbocycles. The van der Waals surface area contributed by atoms with Gasteiger partial charge in [0.15, 0.2) is 0 Å². The van der Waals surface area contributed by atoms with E-state index >= 15 is 0 Å². The summed E-state index contributed by atoms with van der Waals surface area (Å²) in [6, 6.07) is 16.8. The smallest absolute Gasteiger partial charge is 0.234 e. The zero-order valence-corrected chi connectivity index (χ0v) is 15.9. The molecule has 26 heavy (non-hydrogen) atoms. The molecule has 1 heterocycles. The van der Waals surface area contributed by atoms with Crippen LogP contribution in [0.15, 0.2) is 48.5 Å². The average Bonchev–Trinajstić information content (AvgIpc) is 2.98. The van der Waals surface area contributed by atoms with E-state index in [1.165, 1.54) is 16.7 Å². The molecule has 0 aliphatic carbocycles. The Labute approximate surface area is 156 Å². The van der Waals surface area contributed by atoms with Gasteiger partial charge in [-0.1, -0.05) is 48.5 Å². The molecule has 1 amide bonds. The predicted molar refractivity (Wildman–Crippen MR) is 106 cm³/mol. The van der Waals surface area contributed by atoms with Crippen molar-refractivity contribution in [2.45, 2.75) is 38.8 Å². The fraction of sp³-hybridized carbons (Fsp3) is 0.409. The summed E-state index contributed by atoms with van der Waals surface area (Å²) in [6.07, 6.45) is 0. The predicted octanol–water partition coefficient (Wildman–Crippen LogP) is 2.91. The molecule has 138 valence electrons. The van der Waals surface area contributed by atoms with Crippen LogP contribution in [0, 0.1) is 13.8 Å². The molecule has 0 radical (unpaired) electrons. The highest BCUT2D eigenvalue weighted by atomic mass is 16.2. The van der Waals surface area contributed by atoms with E-state index in [-0.39, 0.29) is 18.0 Å². The van der Waals surface area contributed by atoms with Crippen molar-refractivity contribution in [1.29, 1.82) is 0 Å². The number of rotatable bonds is 5. The SMILES string of the molecule is Cc1ccc(C(C)NC(=O)CN2C[C@@H](N)[C@H](c3ccccc3)C2)cc1C. The number of nitrogens with zero attached hydrogens (tertiary/aromatic N) is 1. The Hall–Kier alpha value is -2.17. The Morgan fingerprint density at radius 1 is 1.15 bits per heavy atom. The number of amides is 1. The first-order valence-corrected chi connectivity index (χ1v) is 9.33. The molecule has 2 aromatic carbocycles. The molecule has 1 aliphatic heterocycles. The maximum Gasteiger partial charge on any atom is 0.234 e. The first-order valence-electron chi connectivity index (χ1n) is 9.33. The molecular weight excluding hydrogens is 322 g/mol. The number of aryl methyl sites for hydroxylation is 2. The van der Waals surface area contributed by atoms with Gasteiger partial charge in [0.2, 0.25) is 5.91 Å². The highest BCUT2D eigenvalue weighted by Crippen LogP contribution is 2.26. The maximum atomic E-state index is 12.5. The second-order valence-corrected chi connectivity index (χ2v) is 7.51. The van der Waals surface area contributed by atoms with Gasteiger partial charge in [0.25, 0.3) is 0 Å². The number of hydrogen-bond donors (Lipinski definition) is 2. The number of carbonyl (C=O) groups excluding carboxylic acids is 1. The Morgan fingerprint density at radius 2 is 1.88 bits per heavy atom. The van der Waals surface area contributed by atoms with E-state index in [2.05, 4.69) is 54.4 Å². The van der Waals surface area contributed by atoms with Gasteiger partial charge >= 0.3 is 0 Å². The highest BCUT2D eigenvalue weighted by Gasteiger charge is 2.32. The molecule has 4 heteroatoms. The highest BCUT2D eigenvalue weighted by molar-refractivity contribution is 5.78. The molecule has 3 atom stereocenters. The average molecular weight is 351 g/mol. The lowest BCUT2D eigenvalue weighted by molar-refractivity contribution is -0.122. The van der Waals surface area contributed by atoms with E-state index in [4.69, 9.17) is 5.73 Å². The third-order valence-electron chi connectivity index (χ3n) is 5.44. The number of hydrogen-bond acceptors (Lipinski definition) is 3. The summed E-state index contributed by atoms with van der Waals surface area (Å²) >= 11 is 0. The third-order valence-corrected chi connectivity index (χ3v) is 5.44. The lowest BCUT2D eigenvalue weighted by atomic mass is 9.95. The van der Waals surface area contributed by atoms with Crippen molar-refractivity contribution in [1.82, 2.24) is 10.2 Å². The first-order chi connectivity index (χ1) is 12.4. The van der Waals surface area contributed by atoms with Crippen molar-refractivity contribution in [3.8, 4) is 0 Å². The zero-order chi connectivity index (χ0) is 18.7. The first kappa shape index (κ1) is 18.6. The summed E-state index contributed by atoms with van der Waals surface area (Å²) in [7, 11) is 0.